The van der Waals surface area contributed by atoms with Crippen LogP contribution in [0.25, 0.3) is 61.1 Å². The Hall–Kier alpha value is -7.68. The van der Waals surface area contributed by atoms with Crippen LogP contribution in [-0.2, 0) is 5.41 Å². The van der Waals surface area contributed by atoms with Gasteiger partial charge in [-0.05, 0) is 146 Å². The van der Waals surface area contributed by atoms with Gasteiger partial charge in [0.1, 0.15) is 0 Å². The number of fused-ring (bicyclic) bond motifs is 11. The molecule has 0 saturated heterocycles. The van der Waals surface area contributed by atoms with E-state index in [1.807, 2.05) is 0 Å². The molecule has 0 unspecified atom stereocenters. The molecule has 2 nitrogen and oxygen atoms in total. The molecule has 0 bridgehead atoms. The fraction of sp³-hybridized carbons (Fsp3) is 0.0508. The summed E-state index contributed by atoms with van der Waals surface area (Å²) in [6, 6.07) is 78.5. The summed E-state index contributed by atoms with van der Waals surface area (Å²) in [6.45, 7) is 4.46. The number of anilines is 3. The van der Waals surface area contributed by atoms with E-state index in [0.717, 1.165) is 22.7 Å². The summed E-state index contributed by atoms with van der Waals surface area (Å²) in [5, 5.41) is 1.24. The fourth-order valence-corrected chi connectivity index (χ4v) is 10.7. The third kappa shape index (κ3) is 5.22. The minimum Gasteiger partial charge on any atom is -0.316 e. The molecule has 288 valence electrons. The smallest absolute Gasteiger partial charge is 0.0726 e. The monoisotopic (exact) mass is 778 g/mol. The Balaban J connectivity index is 1.03. The molecule has 0 N–H and O–H groups in total. The van der Waals surface area contributed by atoms with Gasteiger partial charge in [0, 0.05) is 34.3 Å². The van der Waals surface area contributed by atoms with Gasteiger partial charge in [-0.1, -0.05) is 158 Å². The Morgan fingerprint density at radius 3 is 1.49 bits per heavy atom. The molecule has 0 saturated carbocycles. The lowest BCUT2D eigenvalue weighted by Crippen LogP contribution is -2.26. The van der Waals surface area contributed by atoms with Gasteiger partial charge in [-0.25, -0.2) is 0 Å². The zero-order chi connectivity index (χ0) is 40.7. The highest BCUT2D eigenvalue weighted by atomic mass is 15.1. The summed E-state index contributed by atoms with van der Waals surface area (Å²) in [6.07, 6.45) is 2.21. The maximum atomic E-state index is 2.48. The van der Waals surface area contributed by atoms with Crippen LogP contribution in [0.1, 0.15) is 33.4 Å². The zero-order valence-electron chi connectivity index (χ0n) is 34.2. The first-order valence-corrected chi connectivity index (χ1v) is 21.3. The van der Waals surface area contributed by atoms with E-state index in [0.29, 0.717) is 0 Å². The van der Waals surface area contributed by atoms with Gasteiger partial charge in [-0.3, -0.25) is 0 Å². The van der Waals surface area contributed by atoms with E-state index in [-0.39, 0.29) is 0 Å². The summed E-state index contributed by atoms with van der Waals surface area (Å²) >= 11 is 0. The molecule has 2 heteroatoms. The summed E-state index contributed by atoms with van der Waals surface area (Å²) in [5.41, 5.74) is 23.4. The molecule has 0 fully saturated rings. The standard InChI is InChI=1S/C59H42N2/c1-39-14-6-7-17-48(39)49-34-26-43-36-37-60(58(43)40(49)2)44-29-31-46(32-30-44)61(45-27-24-42(25-28-45)41-15-4-3-5-16-41)47-33-35-53-52-20-10-13-23-56(52)59(57(53)38-47)54-21-11-8-18-50(54)51-19-9-12-22-55(51)59/h3-38H,1-2H3. The summed E-state index contributed by atoms with van der Waals surface area (Å²) in [5.74, 6) is 0. The van der Waals surface area contributed by atoms with Crippen LogP contribution in [0.3, 0.4) is 0 Å². The zero-order valence-corrected chi connectivity index (χ0v) is 34.2. The molecule has 0 amide bonds. The van der Waals surface area contributed by atoms with Crippen molar-refractivity contribution in [3.8, 4) is 50.2 Å². The van der Waals surface area contributed by atoms with Gasteiger partial charge in [0.15, 0.2) is 0 Å². The van der Waals surface area contributed by atoms with E-state index in [9.17, 15) is 0 Å². The molecule has 1 heterocycles. The number of benzene rings is 9. The fourth-order valence-electron chi connectivity index (χ4n) is 10.7. The van der Waals surface area contributed by atoms with Crippen molar-refractivity contribution < 1.29 is 0 Å². The van der Waals surface area contributed by atoms with Gasteiger partial charge < -0.3 is 9.47 Å². The van der Waals surface area contributed by atoms with Crippen LogP contribution in [0.2, 0.25) is 0 Å². The minimum atomic E-state index is -0.424. The van der Waals surface area contributed by atoms with Crippen molar-refractivity contribution in [2.45, 2.75) is 19.3 Å². The van der Waals surface area contributed by atoms with E-state index < -0.39 is 5.41 Å². The van der Waals surface area contributed by atoms with Crippen molar-refractivity contribution in [3.05, 3.63) is 252 Å². The first-order chi connectivity index (χ1) is 30.1. The number of rotatable bonds is 6. The number of hydrogen-bond donors (Lipinski definition) is 0. The highest BCUT2D eigenvalue weighted by Gasteiger charge is 2.51. The Labute approximate surface area is 357 Å². The first kappa shape index (κ1) is 35.3. The summed E-state index contributed by atoms with van der Waals surface area (Å²) < 4.78 is 2.35. The van der Waals surface area contributed by atoms with Crippen LogP contribution in [0.5, 0.6) is 0 Å². The lowest BCUT2D eigenvalue weighted by atomic mass is 9.70. The lowest BCUT2D eigenvalue weighted by Gasteiger charge is -2.32. The Kier molecular flexibility index (Phi) is 7.92. The van der Waals surface area contributed by atoms with E-state index in [4.69, 9.17) is 0 Å². The molecular weight excluding hydrogens is 737 g/mol. The normalized spacial score (nSPS) is 12.9. The highest BCUT2D eigenvalue weighted by Crippen LogP contribution is 2.63. The quantitative estimate of drug-likeness (QED) is 0.163. The third-order valence-corrected chi connectivity index (χ3v) is 13.4. The Morgan fingerprint density at radius 2 is 0.869 bits per heavy atom. The molecule has 0 aliphatic heterocycles. The third-order valence-electron chi connectivity index (χ3n) is 13.4. The van der Waals surface area contributed by atoms with Crippen molar-refractivity contribution >= 4 is 28.0 Å². The van der Waals surface area contributed by atoms with E-state index >= 15 is 0 Å². The Bertz CT molecular complexity index is 3250. The van der Waals surface area contributed by atoms with Gasteiger partial charge in [-0.15, -0.1) is 0 Å². The molecule has 9 aromatic carbocycles. The summed E-state index contributed by atoms with van der Waals surface area (Å²) in [7, 11) is 0. The molecule has 1 aromatic heterocycles. The van der Waals surface area contributed by atoms with E-state index in [1.54, 1.807) is 0 Å². The average Bonchev–Trinajstić information content (AvgIpc) is 3.98. The van der Waals surface area contributed by atoms with Crippen LogP contribution in [-0.4, -0.2) is 4.57 Å². The molecule has 0 atom stereocenters. The topological polar surface area (TPSA) is 8.17 Å². The number of aryl methyl sites for hydroxylation is 2. The van der Waals surface area contributed by atoms with E-state index in [2.05, 4.69) is 242 Å². The number of aromatic nitrogens is 1. The second-order valence-electron chi connectivity index (χ2n) is 16.6. The second kappa shape index (κ2) is 13.7. The maximum Gasteiger partial charge on any atom is 0.0726 e. The van der Waals surface area contributed by atoms with Gasteiger partial charge >= 0.3 is 0 Å². The van der Waals surface area contributed by atoms with Crippen molar-refractivity contribution in [2.75, 3.05) is 4.90 Å². The number of nitrogens with zero attached hydrogens (tertiary/aromatic N) is 2. The predicted octanol–water partition coefficient (Wildman–Crippen LogP) is 15.4. The molecular formula is C59H42N2. The molecule has 2 aliphatic carbocycles. The van der Waals surface area contributed by atoms with E-state index in [1.165, 1.54) is 88.8 Å². The molecule has 12 rings (SSSR count). The average molecular weight is 779 g/mol. The first-order valence-electron chi connectivity index (χ1n) is 21.3. The molecule has 61 heavy (non-hydrogen) atoms. The molecule has 0 radical (unpaired) electrons. The highest BCUT2D eigenvalue weighted by molar-refractivity contribution is 5.97. The van der Waals surface area contributed by atoms with Crippen LogP contribution in [0.15, 0.2) is 219 Å². The van der Waals surface area contributed by atoms with Crippen molar-refractivity contribution in [1.29, 1.82) is 0 Å². The second-order valence-corrected chi connectivity index (χ2v) is 16.6. The van der Waals surface area contributed by atoms with Gasteiger partial charge in [-0.2, -0.15) is 0 Å². The molecule has 2 aliphatic rings. The number of hydrogen-bond acceptors (Lipinski definition) is 1. The van der Waals surface area contributed by atoms with Crippen molar-refractivity contribution in [3.63, 3.8) is 0 Å². The van der Waals surface area contributed by atoms with Gasteiger partial charge in [0.25, 0.3) is 0 Å². The summed E-state index contributed by atoms with van der Waals surface area (Å²) in [4.78, 5) is 2.43. The van der Waals surface area contributed by atoms with Gasteiger partial charge in [0.05, 0.1) is 10.9 Å². The molecule has 10 aromatic rings. The molecule has 1 spiro atoms. The van der Waals surface area contributed by atoms with Crippen LogP contribution in [0, 0.1) is 13.8 Å². The SMILES string of the molecule is Cc1ccccc1-c1ccc2ccn(-c3ccc(N(c4ccc(-c5ccccc5)cc4)c4ccc5c(c4)C4(c6ccccc6-c6ccccc64)c4ccccc4-5)cc3)c2c1C. The van der Waals surface area contributed by atoms with Crippen LogP contribution in [0.4, 0.5) is 17.1 Å². The lowest BCUT2D eigenvalue weighted by molar-refractivity contribution is 0.793. The largest absolute Gasteiger partial charge is 0.316 e. The van der Waals surface area contributed by atoms with Crippen LogP contribution < -0.4 is 4.90 Å². The maximum absolute atomic E-state index is 2.48. The minimum absolute atomic E-state index is 0.424. The van der Waals surface area contributed by atoms with Crippen LogP contribution >= 0.6 is 0 Å². The van der Waals surface area contributed by atoms with Gasteiger partial charge in [0.2, 0.25) is 0 Å². The van der Waals surface area contributed by atoms with Crippen molar-refractivity contribution in [1.82, 2.24) is 4.57 Å². The van der Waals surface area contributed by atoms with Crippen molar-refractivity contribution in [2.24, 2.45) is 0 Å². The predicted molar refractivity (Wildman–Crippen MR) is 255 cm³/mol. The Morgan fingerprint density at radius 1 is 0.377 bits per heavy atom.